The zero-order chi connectivity index (χ0) is 22.0. The molecule has 8 heteroatoms. The van der Waals surface area contributed by atoms with Crippen molar-refractivity contribution in [2.24, 2.45) is 0 Å². The van der Waals surface area contributed by atoms with Crippen LogP contribution < -0.4 is 4.90 Å². The van der Waals surface area contributed by atoms with Crippen molar-refractivity contribution in [1.82, 2.24) is 20.1 Å². The van der Waals surface area contributed by atoms with E-state index in [-0.39, 0.29) is 17.2 Å². The Balaban J connectivity index is 1.57. The highest BCUT2D eigenvalue weighted by molar-refractivity contribution is 5.54. The van der Waals surface area contributed by atoms with Crippen LogP contribution in [0.4, 0.5) is 10.2 Å². The highest BCUT2D eigenvalue weighted by Gasteiger charge is 2.28. The van der Waals surface area contributed by atoms with Crippen LogP contribution in [-0.4, -0.2) is 40.3 Å². The van der Waals surface area contributed by atoms with Crippen LogP contribution in [-0.2, 0) is 16.8 Å². The molecular weight excluding hydrogens is 397 g/mol. The maximum atomic E-state index is 13.5. The van der Waals surface area contributed by atoms with Gasteiger partial charge in [-0.25, -0.2) is 14.4 Å². The number of hydrogen-bond donors (Lipinski definition) is 0. The van der Waals surface area contributed by atoms with Crippen molar-refractivity contribution in [1.29, 1.82) is 0 Å². The molecule has 1 unspecified atom stereocenters. The lowest BCUT2D eigenvalue weighted by Gasteiger charge is -2.33. The number of aromatic nitrogens is 4. The largest absolute Gasteiger partial charge is 0.378 e. The number of anilines is 1. The van der Waals surface area contributed by atoms with Crippen LogP contribution in [0.5, 0.6) is 0 Å². The third kappa shape index (κ3) is 4.90. The number of ether oxygens (including phenoxy) is 1. The van der Waals surface area contributed by atoms with Gasteiger partial charge in [-0.2, -0.15) is 4.98 Å². The zero-order valence-electron chi connectivity index (χ0n) is 18.4. The number of hydrogen-bond acceptors (Lipinski definition) is 7. The topological polar surface area (TPSA) is 77.2 Å². The predicted molar refractivity (Wildman–Crippen MR) is 115 cm³/mol. The first-order valence-corrected chi connectivity index (χ1v) is 10.6. The van der Waals surface area contributed by atoms with E-state index in [1.54, 1.807) is 19.2 Å². The van der Waals surface area contributed by atoms with E-state index in [0.29, 0.717) is 23.9 Å². The smallest absolute Gasteiger partial charge is 0.231 e. The van der Waals surface area contributed by atoms with Crippen molar-refractivity contribution >= 4 is 5.82 Å². The number of halogens is 1. The first-order valence-electron chi connectivity index (χ1n) is 10.6. The molecule has 0 spiro atoms. The lowest BCUT2D eigenvalue weighted by atomic mass is 9.95. The molecule has 0 N–H and O–H groups in total. The van der Waals surface area contributed by atoms with Crippen molar-refractivity contribution in [2.45, 2.75) is 51.6 Å². The number of nitrogens with zero attached hydrogens (tertiary/aromatic N) is 5. The molecule has 1 fully saturated rings. The number of piperidine rings is 1. The molecule has 4 rings (SSSR count). The van der Waals surface area contributed by atoms with Crippen molar-refractivity contribution in [3.05, 3.63) is 53.6 Å². The Labute approximate surface area is 181 Å². The second kappa shape index (κ2) is 8.70. The minimum atomic E-state index is -0.321. The fourth-order valence-corrected chi connectivity index (χ4v) is 3.73. The standard InChI is InChI=1S/C23H28FN5O2/c1-23(2,3)22-25-18(14-30-4)12-19(26-22)29-10-6-8-16(13-29)21-27-20(28-31-21)15-7-5-9-17(24)11-15/h5,7,9,11-12,16H,6,8,10,13-14H2,1-4H3. The van der Waals surface area contributed by atoms with Gasteiger partial charge < -0.3 is 14.2 Å². The maximum Gasteiger partial charge on any atom is 0.231 e. The fraction of sp³-hybridized carbons (Fsp3) is 0.478. The molecule has 0 saturated carbocycles. The normalized spacial score (nSPS) is 17.2. The van der Waals surface area contributed by atoms with E-state index in [0.717, 1.165) is 43.3 Å². The van der Waals surface area contributed by atoms with Gasteiger partial charge in [-0.05, 0) is 25.0 Å². The maximum absolute atomic E-state index is 13.5. The Bertz CT molecular complexity index is 1050. The van der Waals surface area contributed by atoms with Gasteiger partial charge in [-0.3, -0.25) is 0 Å². The quantitative estimate of drug-likeness (QED) is 0.596. The van der Waals surface area contributed by atoms with Crippen molar-refractivity contribution in [2.75, 3.05) is 25.1 Å². The van der Waals surface area contributed by atoms with Gasteiger partial charge in [0.15, 0.2) is 0 Å². The third-order valence-electron chi connectivity index (χ3n) is 5.35. The monoisotopic (exact) mass is 425 g/mol. The SMILES string of the molecule is COCc1cc(N2CCCC(c3nc(-c4cccc(F)c4)no3)C2)nc(C(C)(C)C)n1. The second-order valence-electron chi connectivity index (χ2n) is 8.98. The molecule has 3 aromatic rings. The Hall–Kier alpha value is -2.87. The van der Waals surface area contributed by atoms with Gasteiger partial charge in [0.1, 0.15) is 17.5 Å². The van der Waals surface area contributed by atoms with Crippen LogP contribution in [0.3, 0.4) is 0 Å². The molecule has 1 aliphatic heterocycles. The van der Waals surface area contributed by atoms with Gasteiger partial charge in [-0.1, -0.05) is 38.1 Å². The summed E-state index contributed by atoms with van der Waals surface area (Å²) in [6.07, 6.45) is 1.93. The lowest BCUT2D eigenvalue weighted by molar-refractivity contribution is 0.181. The van der Waals surface area contributed by atoms with E-state index in [1.807, 2.05) is 6.07 Å². The minimum absolute atomic E-state index is 0.0856. The van der Waals surface area contributed by atoms with Gasteiger partial charge in [-0.15, -0.1) is 0 Å². The summed E-state index contributed by atoms with van der Waals surface area (Å²) < 4.78 is 24.4. The molecule has 0 bridgehead atoms. The number of methoxy groups -OCH3 is 1. The summed E-state index contributed by atoms with van der Waals surface area (Å²) in [6.45, 7) is 8.37. The van der Waals surface area contributed by atoms with E-state index in [1.165, 1.54) is 12.1 Å². The first kappa shape index (κ1) is 21.4. The Morgan fingerprint density at radius 1 is 1.19 bits per heavy atom. The molecule has 2 aromatic heterocycles. The van der Waals surface area contributed by atoms with Crippen molar-refractivity contribution in [3.63, 3.8) is 0 Å². The molecule has 7 nitrogen and oxygen atoms in total. The Morgan fingerprint density at radius 2 is 2.03 bits per heavy atom. The summed E-state index contributed by atoms with van der Waals surface area (Å²) >= 11 is 0. The van der Waals surface area contributed by atoms with E-state index < -0.39 is 0 Å². The van der Waals surface area contributed by atoms with Crippen molar-refractivity contribution < 1.29 is 13.7 Å². The van der Waals surface area contributed by atoms with Gasteiger partial charge in [0.2, 0.25) is 11.7 Å². The van der Waals surface area contributed by atoms with Gasteiger partial charge >= 0.3 is 0 Å². The van der Waals surface area contributed by atoms with Gasteiger partial charge in [0.25, 0.3) is 0 Å². The number of rotatable bonds is 5. The summed E-state index contributed by atoms with van der Waals surface area (Å²) in [4.78, 5) is 16.3. The summed E-state index contributed by atoms with van der Waals surface area (Å²) in [5, 5.41) is 4.07. The van der Waals surface area contributed by atoms with E-state index in [2.05, 4.69) is 40.8 Å². The molecule has 1 saturated heterocycles. The van der Waals surface area contributed by atoms with Crippen LogP contribution in [0.2, 0.25) is 0 Å². The van der Waals surface area contributed by atoms with Gasteiger partial charge in [0, 0.05) is 37.2 Å². The summed E-state index contributed by atoms with van der Waals surface area (Å²) in [6, 6.07) is 8.22. The minimum Gasteiger partial charge on any atom is -0.378 e. The average Bonchev–Trinajstić information content (AvgIpc) is 3.24. The van der Waals surface area contributed by atoms with Crippen molar-refractivity contribution in [3.8, 4) is 11.4 Å². The lowest BCUT2D eigenvalue weighted by Crippen LogP contribution is -2.36. The first-order chi connectivity index (χ1) is 14.8. The molecule has 1 aliphatic rings. The average molecular weight is 426 g/mol. The Kier molecular flexibility index (Phi) is 6.00. The summed E-state index contributed by atoms with van der Waals surface area (Å²) in [5.74, 6) is 2.43. The van der Waals surface area contributed by atoms with Crippen LogP contribution in [0, 0.1) is 5.82 Å². The molecule has 3 heterocycles. The molecule has 0 radical (unpaired) electrons. The molecule has 0 amide bonds. The van der Waals surface area contributed by atoms with Crippen LogP contribution in [0.25, 0.3) is 11.4 Å². The van der Waals surface area contributed by atoms with E-state index in [9.17, 15) is 4.39 Å². The predicted octanol–water partition coefficient (Wildman–Crippen LogP) is 4.49. The van der Waals surface area contributed by atoms with Crippen LogP contribution in [0.15, 0.2) is 34.9 Å². The molecular formula is C23H28FN5O2. The summed E-state index contributed by atoms with van der Waals surface area (Å²) in [5.41, 5.74) is 1.31. The highest BCUT2D eigenvalue weighted by atomic mass is 19.1. The fourth-order valence-electron chi connectivity index (χ4n) is 3.73. The molecule has 1 atom stereocenters. The number of benzene rings is 1. The highest BCUT2D eigenvalue weighted by Crippen LogP contribution is 2.31. The van der Waals surface area contributed by atoms with E-state index in [4.69, 9.17) is 14.2 Å². The molecule has 31 heavy (non-hydrogen) atoms. The zero-order valence-corrected chi connectivity index (χ0v) is 18.4. The summed E-state index contributed by atoms with van der Waals surface area (Å²) in [7, 11) is 1.67. The van der Waals surface area contributed by atoms with Gasteiger partial charge in [0.05, 0.1) is 18.2 Å². The third-order valence-corrected chi connectivity index (χ3v) is 5.35. The second-order valence-corrected chi connectivity index (χ2v) is 8.98. The molecule has 164 valence electrons. The molecule has 1 aromatic carbocycles. The van der Waals surface area contributed by atoms with Crippen LogP contribution in [0.1, 0.15) is 56.9 Å². The Morgan fingerprint density at radius 3 is 2.77 bits per heavy atom. The van der Waals surface area contributed by atoms with E-state index >= 15 is 0 Å². The molecule has 0 aliphatic carbocycles. The van der Waals surface area contributed by atoms with Crippen LogP contribution >= 0.6 is 0 Å².